The number of Topliss-reactive ketones (excluding diaryl/α,β-unsaturated/α-hetero) is 1. The van der Waals surface area contributed by atoms with Crippen LogP contribution in [0.5, 0.6) is 34.5 Å². The summed E-state index contributed by atoms with van der Waals surface area (Å²) < 4.78 is 45.9. The van der Waals surface area contributed by atoms with E-state index in [9.17, 15) is 9.90 Å². The van der Waals surface area contributed by atoms with Gasteiger partial charge in [0.05, 0.1) is 59.7 Å². The van der Waals surface area contributed by atoms with Crippen molar-refractivity contribution < 1.29 is 47.5 Å². The van der Waals surface area contributed by atoms with Crippen LogP contribution >= 0.6 is 0 Å². The molecule has 1 aliphatic heterocycles. The van der Waals surface area contributed by atoms with Crippen LogP contribution in [0.3, 0.4) is 0 Å². The van der Waals surface area contributed by atoms with Crippen molar-refractivity contribution in [2.75, 3.05) is 42.7 Å². The molecule has 5 rings (SSSR count). The number of methoxy groups -OCH3 is 6. The predicted molar refractivity (Wildman–Crippen MR) is 198 cm³/mol. The lowest BCUT2D eigenvalue weighted by molar-refractivity contribution is -0.300. The van der Waals surface area contributed by atoms with E-state index in [1.807, 2.05) is 53.7 Å². The third-order valence-corrected chi connectivity index (χ3v) is 8.61. The standard InChI is InChI=1S/C42H46O10/c1-41(2,3)35-17-23(15-29(51-35)25-19-31(45-7)39(49-11)32(20-25)46-8)13-27-37(43)28(38(27)44)14-24-16-30(52-36(18-24)42(4,5)6)26-21-33(47-9)40(50-12)34(22-26)48-10/h13-22H,1-12H3. The van der Waals surface area contributed by atoms with Gasteiger partial charge >= 0.3 is 11.5 Å². The summed E-state index contributed by atoms with van der Waals surface area (Å²) in [5.41, 5.74) is 1.98. The highest BCUT2D eigenvalue weighted by atomic mass is 16.5. The van der Waals surface area contributed by atoms with E-state index in [0.29, 0.717) is 79.8 Å². The molecule has 0 N–H and O–H groups in total. The number of ether oxygens (including phenoxy) is 7. The Labute approximate surface area is 305 Å². The second-order valence-electron chi connectivity index (χ2n) is 14.3. The van der Waals surface area contributed by atoms with Crippen molar-refractivity contribution in [2.45, 2.75) is 47.0 Å². The van der Waals surface area contributed by atoms with E-state index in [-0.39, 0.29) is 33.5 Å². The minimum Gasteiger partial charge on any atom is -0.871 e. The lowest BCUT2D eigenvalue weighted by atomic mass is 9.84. The first kappa shape index (κ1) is 37.6. The van der Waals surface area contributed by atoms with Gasteiger partial charge in [0.15, 0.2) is 28.8 Å². The average molecular weight is 711 g/mol. The average Bonchev–Trinajstić information content (AvgIpc) is 3.13. The zero-order valence-electron chi connectivity index (χ0n) is 31.9. The molecule has 0 amide bonds. The van der Waals surface area contributed by atoms with Crippen LogP contribution in [0.2, 0.25) is 0 Å². The molecule has 52 heavy (non-hydrogen) atoms. The summed E-state index contributed by atoms with van der Waals surface area (Å²) in [7, 11) is 9.24. The summed E-state index contributed by atoms with van der Waals surface area (Å²) >= 11 is 0. The van der Waals surface area contributed by atoms with Crippen LogP contribution in [0.4, 0.5) is 0 Å². The van der Waals surface area contributed by atoms with Crippen LogP contribution in [0.15, 0.2) is 87.3 Å². The minimum atomic E-state index is -0.388. The summed E-state index contributed by atoms with van der Waals surface area (Å²) in [5, 5.41) is 13.6. The van der Waals surface area contributed by atoms with Gasteiger partial charge in [-0.1, -0.05) is 26.5 Å². The highest BCUT2D eigenvalue weighted by Crippen LogP contribution is 2.45. The fourth-order valence-corrected chi connectivity index (χ4v) is 5.71. The van der Waals surface area contributed by atoms with Gasteiger partial charge in [-0.05, 0) is 68.3 Å². The van der Waals surface area contributed by atoms with E-state index >= 15 is 0 Å². The Morgan fingerprint density at radius 2 is 1.17 bits per heavy atom. The Kier molecular flexibility index (Phi) is 10.5. The maximum atomic E-state index is 13.6. The number of ketones is 1. The van der Waals surface area contributed by atoms with E-state index < -0.39 is 0 Å². The molecule has 0 saturated heterocycles. The Bertz CT molecular complexity index is 2010. The summed E-state index contributed by atoms with van der Waals surface area (Å²) in [6, 6.07) is 10.8. The molecule has 10 heteroatoms. The Balaban J connectivity index is 1.59. The van der Waals surface area contributed by atoms with Gasteiger partial charge in [0.25, 0.3) is 0 Å². The van der Waals surface area contributed by atoms with Crippen molar-refractivity contribution in [3.8, 4) is 45.8 Å². The first-order chi connectivity index (χ1) is 24.6. The van der Waals surface area contributed by atoms with Crippen molar-refractivity contribution >= 4 is 17.6 Å². The maximum Gasteiger partial charge on any atom is 0.361 e. The first-order valence-electron chi connectivity index (χ1n) is 16.7. The van der Waals surface area contributed by atoms with Crippen LogP contribution in [0, 0.1) is 5.41 Å². The zero-order chi connectivity index (χ0) is 38.1. The fraction of sp³-hybridized carbons (Fsp3) is 0.333. The van der Waals surface area contributed by atoms with Crippen LogP contribution in [-0.4, -0.2) is 48.4 Å². The topological polar surface area (TPSA) is 116 Å². The number of hydrogen-bond acceptors (Lipinski definition) is 9. The molecule has 1 aromatic heterocycles. The van der Waals surface area contributed by atoms with Crippen LogP contribution in [0.1, 0.15) is 58.4 Å². The summed E-state index contributed by atoms with van der Waals surface area (Å²) in [4.78, 5) is 13.6. The summed E-state index contributed by atoms with van der Waals surface area (Å²) in [6.45, 7) is 12.1. The SMILES string of the molecule is COc1cc(C2=CC(=CC3=C([O-])C(=Cc4cc(-c5cc(OC)c(OC)c(OC)c5)[o+]c(C(C)(C)C)c4)C3=O)C=C(C(C)(C)C)O2)cc(OC)c1OC. The molecule has 0 bridgehead atoms. The molecule has 2 aliphatic rings. The van der Waals surface area contributed by atoms with E-state index in [0.717, 1.165) is 0 Å². The molecule has 274 valence electrons. The molecular weight excluding hydrogens is 664 g/mol. The van der Waals surface area contributed by atoms with Gasteiger partial charge in [-0.25, -0.2) is 4.42 Å². The smallest absolute Gasteiger partial charge is 0.361 e. The van der Waals surface area contributed by atoms with Crippen LogP contribution in [0.25, 0.3) is 23.2 Å². The third kappa shape index (κ3) is 7.37. The lowest BCUT2D eigenvalue weighted by Crippen LogP contribution is -2.29. The fourth-order valence-electron chi connectivity index (χ4n) is 5.71. The molecule has 3 aromatic rings. The quantitative estimate of drug-likeness (QED) is 0.151. The lowest BCUT2D eigenvalue weighted by Gasteiger charge is -2.30. The van der Waals surface area contributed by atoms with Crippen molar-refractivity contribution in [1.29, 1.82) is 0 Å². The van der Waals surface area contributed by atoms with E-state index in [1.54, 1.807) is 77.0 Å². The van der Waals surface area contributed by atoms with Gasteiger partial charge in [-0.2, -0.15) is 0 Å². The van der Waals surface area contributed by atoms with Gasteiger partial charge in [0.1, 0.15) is 11.5 Å². The molecule has 0 atom stereocenters. The summed E-state index contributed by atoms with van der Waals surface area (Å²) in [5.74, 6) is 4.34. The molecule has 0 radical (unpaired) electrons. The highest BCUT2D eigenvalue weighted by Gasteiger charge is 2.32. The number of carbonyl (C=O) groups excluding carboxylic acids is 1. The first-order valence-corrected chi connectivity index (χ1v) is 16.7. The van der Waals surface area contributed by atoms with E-state index in [2.05, 4.69) is 0 Å². The Morgan fingerprint density at radius 1 is 0.654 bits per heavy atom. The normalized spacial score (nSPS) is 16.2. The number of benzene rings is 2. The van der Waals surface area contributed by atoms with Gasteiger partial charge in [0.2, 0.25) is 11.5 Å². The molecule has 0 saturated carbocycles. The van der Waals surface area contributed by atoms with Crippen molar-refractivity contribution in [3.05, 3.63) is 99.8 Å². The Morgan fingerprint density at radius 3 is 1.62 bits per heavy atom. The third-order valence-electron chi connectivity index (χ3n) is 8.61. The van der Waals surface area contributed by atoms with Gasteiger partial charge in [0, 0.05) is 40.3 Å². The van der Waals surface area contributed by atoms with Crippen LogP contribution in [-0.2, 0) is 14.9 Å². The van der Waals surface area contributed by atoms with Gasteiger partial charge < -0.3 is 38.3 Å². The van der Waals surface area contributed by atoms with Gasteiger partial charge in [-0.15, -0.1) is 0 Å². The molecule has 2 heterocycles. The summed E-state index contributed by atoms with van der Waals surface area (Å²) in [6.07, 6.45) is 6.84. The van der Waals surface area contributed by atoms with Gasteiger partial charge in [-0.3, -0.25) is 4.79 Å². The minimum absolute atomic E-state index is 0.0784. The largest absolute Gasteiger partial charge is 0.871 e. The predicted octanol–water partition coefficient (Wildman–Crippen LogP) is 8.09. The number of allylic oxidation sites excluding steroid dienone is 7. The molecule has 10 nitrogen and oxygen atoms in total. The van der Waals surface area contributed by atoms with Crippen molar-refractivity contribution in [2.24, 2.45) is 5.41 Å². The molecular formula is C42H46O10. The van der Waals surface area contributed by atoms with Crippen molar-refractivity contribution in [1.82, 2.24) is 0 Å². The molecule has 0 unspecified atom stereocenters. The van der Waals surface area contributed by atoms with E-state index in [1.165, 1.54) is 14.2 Å². The highest BCUT2D eigenvalue weighted by molar-refractivity contribution is 6.23. The zero-order valence-corrected chi connectivity index (χ0v) is 31.9. The van der Waals surface area contributed by atoms with E-state index in [4.69, 9.17) is 37.6 Å². The second kappa shape index (κ2) is 14.5. The van der Waals surface area contributed by atoms with Crippen molar-refractivity contribution in [3.63, 3.8) is 0 Å². The molecule has 1 aliphatic carbocycles. The number of carbonyl (C=O) groups is 1. The molecule has 0 spiro atoms. The van der Waals surface area contributed by atoms with Crippen LogP contribution < -0.4 is 33.5 Å². The number of rotatable bonds is 10. The maximum absolute atomic E-state index is 13.6. The monoisotopic (exact) mass is 710 g/mol. The Hall–Kier alpha value is -5.64. The molecule has 2 aromatic carbocycles. The molecule has 0 fully saturated rings. The second-order valence-corrected chi connectivity index (χ2v) is 14.3. The number of hydrogen-bond donors (Lipinski definition) is 0.